The maximum Gasteiger partial charge on any atom is 0.401 e. The summed E-state index contributed by atoms with van der Waals surface area (Å²) in [5.41, 5.74) is 1.03. The largest absolute Gasteiger partial charge is 0.489 e. The Bertz CT molecular complexity index is 435. The van der Waals surface area contributed by atoms with E-state index in [1.54, 1.807) is 6.92 Å². The average molecular weight is 354 g/mol. The van der Waals surface area contributed by atoms with Gasteiger partial charge < -0.3 is 10.1 Å². The summed E-state index contributed by atoms with van der Waals surface area (Å²) in [4.78, 5) is 0. The summed E-state index contributed by atoms with van der Waals surface area (Å²) in [6.45, 7) is 4.98. The fourth-order valence-electron chi connectivity index (χ4n) is 1.75. The fourth-order valence-corrected chi connectivity index (χ4v) is 2.13. The molecule has 2 nitrogen and oxygen atoms in total. The molecular formula is C14H19BrF3NO. The van der Waals surface area contributed by atoms with Crippen LogP contribution in [0.4, 0.5) is 13.2 Å². The number of halogens is 4. The van der Waals surface area contributed by atoms with Crippen molar-refractivity contribution in [3.63, 3.8) is 0 Å². The Hall–Kier alpha value is -0.750. The molecule has 1 aromatic carbocycles. The first-order chi connectivity index (χ1) is 9.19. The van der Waals surface area contributed by atoms with Crippen LogP contribution in [-0.2, 0) is 0 Å². The molecule has 0 aliphatic carbocycles. The average Bonchev–Trinajstić information content (AvgIpc) is 2.29. The quantitative estimate of drug-likeness (QED) is 0.813. The Labute approximate surface area is 125 Å². The molecule has 6 heteroatoms. The summed E-state index contributed by atoms with van der Waals surface area (Å²) in [6, 6.07) is 5.66. The third-order valence-electron chi connectivity index (χ3n) is 2.68. The third-order valence-corrected chi connectivity index (χ3v) is 3.17. The molecule has 1 unspecified atom stereocenters. The van der Waals surface area contributed by atoms with Gasteiger partial charge in [-0.15, -0.1) is 0 Å². The smallest absolute Gasteiger partial charge is 0.401 e. The van der Waals surface area contributed by atoms with Crippen LogP contribution in [0.2, 0.25) is 0 Å². The van der Waals surface area contributed by atoms with E-state index in [2.05, 4.69) is 21.2 Å². The highest BCUT2D eigenvalue weighted by molar-refractivity contribution is 9.10. The van der Waals surface area contributed by atoms with Gasteiger partial charge in [0.1, 0.15) is 11.9 Å². The van der Waals surface area contributed by atoms with Gasteiger partial charge in [-0.25, -0.2) is 0 Å². The zero-order chi connectivity index (χ0) is 15.3. The molecular weight excluding hydrogens is 335 g/mol. The normalized spacial score (nSPS) is 13.6. The first kappa shape index (κ1) is 17.3. The van der Waals surface area contributed by atoms with Crippen LogP contribution in [0.25, 0.3) is 0 Å². The van der Waals surface area contributed by atoms with Gasteiger partial charge in [0.05, 0.1) is 6.54 Å². The number of alkyl halides is 3. The van der Waals surface area contributed by atoms with Crippen LogP contribution in [0.5, 0.6) is 5.75 Å². The van der Waals surface area contributed by atoms with Crippen LogP contribution in [0.3, 0.4) is 0 Å². The molecule has 0 amide bonds. The van der Waals surface area contributed by atoms with E-state index in [1.807, 2.05) is 32.0 Å². The van der Waals surface area contributed by atoms with E-state index in [-0.39, 0.29) is 18.6 Å². The number of rotatable bonds is 6. The van der Waals surface area contributed by atoms with Gasteiger partial charge in [0.15, 0.2) is 0 Å². The molecule has 0 aromatic heterocycles. The highest BCUT2D eigenvalue weighted by atomic mass is 79.9. The second-order valence-electron chi connectivity index (χ2n) is 5.01. The van der Waals surface area contributed by atoms with Crippen molar-refractivity contribution in [2.75, 3.05) is 13.1 Å². The molecule has 1 N–H and O–H groups in total. The molecule has 0 spiro atoms. The Morgan fingerprint density at radius 2 is 1.90 bits per heavy atom. The van der Waals surface area contributed by atoms with Crippen LogP contribution in [-0.4, -0.2) is 25.4 Å². The summed E-state index contributed by atoms with van der Waals surface area (Å²) in [6.07, 6.45) is -4.53. The van der Waals surface area contributed by atoms with Crippen molar-refractivity contribution >= 4 is 15.9 Å². The highest BCUT2D eigenvalue weighted by Gasteiger charge is 2.26. The lowest BCUT2D eigenvalue weighted by Crippen LogP contribution is -2.35. The van der Waals surface area contributed by atoms with Gasteiger partial charge in [-0.3, -0.25) is 0 Å². The molecule has 1 rings (SSSR count). The van der Waals surface area contributed by atoms with E-state index in [0.717, 1.165) is 10.0 Å². The summed E-state index contributed by atoms with van der Waals surface area (Å²) < 4.78 is 42.8. The second kappa shape index (κ2) is 7.31. The zero-order valence-electron chi connectivity index (χ0n) is 11.7. The Morgan fingerprint density at radius 3 is 2.45 bits per heavy atom. The van der Waals surface area contributed by atoms with E-state index in [1.165, 1.54) is 0 Å². The van der Waals surface area contributed by atoms with Gasteiger partial charge in [0.25, 0.3) is 0 Å². The van der Waals surface area contributed by atoms with Gasteiger partial charge in [0, 0.05) is 11.0 Å². The maximum absolute atomic E-state index is 12.0. The molecule has 0 heterocycles. The van der Waals surface area contributed by atoms with Crippen LogP contribution in [0.15, 0.2) is 22.7 Å². The van der Waals surface area contributed by atoms with Crippen molar-refractivity contribution in [3.8, 4) is 5.75 Å². The lowest BCUT2D eigenvalue weighted by atomic mass is 10.0. The summed E-state index contributed by atoms with van der Waals surface area (Å²) in [5.74, 6) is 0.988. The van der Waals surface area contributed by atoms with Crippen molar-refractivity contribution in [3.05, 3.63) is 28.2 Å². The topological polar surface area (TPSA) is 21.3 Å². The number of hydrogen-bond acceptors (Lipinski definition) is 2. The molecule has 0 fully saturated rings. The molecule has 20 heavy (non-hydrogen) atoms. The van der Waals surface area contributed by atoms with Crippen molar-refractivity contribution in [2.45, 2.75) is 39.0 Å². The molecule has 0 radical (unpaired) electrons. The predicted molar refractivity (Wildman–Crippen MR) is 77.2 cm³/mol. The number of ether oxygens (including phenoxy) is 1. The molecule has 0 aliphatic rings. The van der Waals surface area contributed by atoms with Crippen molar-refractivity contribution < 1.29 is 17.9 Å². The van der Waals surface area contributed by atoms with E-state index < -0.39 is 12.7 Å². The molecule has 0 aliphatic heterocycles. The van der Waals surface area contributed by atoms with Gasteiger partial charge in [-0.05, 0) is 36.6 Å². The van der Waals surface area contributed by atoms with Crippen molar-refractivity contribution in [2.24, 2.45) is 0 Å². The SMILES string of the molecule is CC(CNCC(F)(F)F)Oc1ccc(Br)cc1C(C)C. The lowest BCUT2D eigenvalue weighted by Gasteiger charge is -2.20. The monoisotopic (exact) mass is 353 g/mol. The fraction of sp³-hybridized carbons (Fsp3) is 0.571. The predicted octanol–water partition coefficient (Wildman–Crippen LogP) is 4.49. The van der Waals surface area contributed by atoms with Gasteiger partial charge in [-0.1, -0.05) is 29.8 Å². The Kier molecular flexibility index (Phi) is 6.33. The Morgan fingerprint density at radius 1 is 1.25 bits per heavy atom. The molecule has 0 saturated heterocycles. The molecule has 0 bridgehead atoms. The summed E-state index contributed by atoms with van der Waals surface area (Å²) in [7, 11) is 0. The number of benzene rings is 1. The Balaban J connectivity index is 2.59. The van der Waals surface area contributed by atoms with E-state index in [9.17, 15) is 13.2 Å². The lowest BCUT2D eigenvalue weighted by molar-refractivity contribution is -0.125. The molecule has 0 saturated carbocycles. The molecule has 114 valence electrons. The van der Waals surface area contributed by atoms with Crippen LogP contribution in [0.1, 0.15) is 32.3 Å². The van der Waals surface area contributed by atoms with Crippen LogP contribution >= 0.6 is 15.9 Å². The van der Waals surface area contributed by atoms with E-state index in [4.69, 9.17) is 4.74 Å². The zero-order valence-corrected chi connectivity index (χ0v) is 13.3. The highest BCUT2D eigenvalue weighted by Crippen LogP contribution is 2.30. The molecule has 1 atom stereocenters. The summed E-state index contributed by atoms with van der Waals surface area (Å²) >= 11 is 3.40. The second-order valence-corrected chi connectivity index (χ2v) is 5.93. The first-order valence-corrected chi connectivity index (χ1v) is 7.22. The van der Waals surface area contributed by atoms with Gasteiger partial charge in [-0.2, -0.15) is 13.2 Å². The van der Waals surface area contributed by atoms with Crippen LogP contribution in [0, 0.1) is 0 Å². The van der Waals surface area contributed by atoms with Gasteiger partial charge >= 0.3 is 6.18 Å². The van der Waals surface area contributed by atoms with Gasteiger partial charge in [0.2, 0.25) is 0 Å². The standard InChI is InChI=1S/C14H19BrF3NO/c1-9(2)12-6-11(15)4-5-13(12)20-10(3)7-19-8-14(16,17)18/h4-6,9-10,19H,7-8H2,1-3H3. The van der Waals surface area contributed by atoms with Crippen molar-refractivity contribution in [1.29, 1.82) is 0 Å². The van der Waals surface area contributed by atoms with Crippen molar-refractivity contribution in [1.82, 2.24) is 5.32 Å². The van der Waals surface area contributed by atoms with E-state index in [0.29, 0.717) is 5.75 Å². The van der Waals surface area contributed by atoms with E-state index >= 15 is 0 Å². The maximum atomic E-state index is 12.0. The summed E-state index contributed by atoms with van der Waals surface area (Å²) in [5, 5.41) is 2.35. The minimum Gasteiger partial charge on any atom is -0.489 e. The first-order valence-electron chi connectivity index (χ1n) is 6.42. The molecule has 1 aromatic rings. The minimum absolute atomic E-state index is 0.146. The number of hydrogen-bond donors (Lipinski definition) is 1. The minimum atomic E-state index is -4.19. The van der Waals surface area contributed by atoms with Crippen LogP contribution < -0.4 is 10.1 Å². The third kappa shape index (κ3) is 6.13. The number of nitrogens with one attached hydrogen (secondary N) is 1.